The maximum absolute atomic E-state index is 6.14. The first kappa shape index (κ1) is 13.5. The van der Waals surface area contributed by atoms with Gasteiger partial charge < -0.3 is 4.74 Å². The predicted molar refractivity (Wildman–Crippen MR) is 73.4 cm³/mol. The number of halogens is 3. The van der Waals surface area contributed by atoms with Crippen LogP contribution in [0.15, 0.2) is 18.2 Å². The van der Waals surface area contributed by atoms with Crippen molar-refractivity contribution >= 4 is 34.8 Å². The number of benzene rings is 1. The normalized spacial score (nSPS) is 28.6. The fourth-order valence-electron chi connectivity index (χ4n) is 2.33. The van der Waals surface area contributed by atoms with Gasteiger partial charge in [-0.15, -0.1) is 11.6 Å². The molecule has 0 amide bonds. The van der Waals surface area contributed by atoms with Crippen LogP contribution in [0.4, 0.5) is 0 Å². The zero-order chi connectivity index (χ0) is 12.5. The van der Waals surface area contributed by atoms with E-state index in [2.05, 4.69) is 6.92 Å². The van der Waals surface area contributed by atoms with Crippen LogP contribution >= 0.6 is 34.8 Å². The molecule has 0 radical (unpaired) electrons. The summed E-state index contributed by atoms with van der Waals surface area (Å²) < 4.78 is 5.64. The van der Waals surface area contributed by atoms with Crippen LogP contribution < -0.4 is 0 Å². The van der Waals surface area contributed by atoms with Gasteiger partial charge in [0.05, 0.1) is 16.1 Å². The van der Waals surface area contributed by atoms with Gasteiger partial charge in [-0.25, -0.2) is 0 Å². The maximum Gasteiger partial charge on any atom is 0.0618 e. The van der Waals surface area contributed by atoms with E-state index in [4.69, 9.17) is 39.5 Å². The molecule has 1 nitrogen and oxygen atoms in total. The molecule has 2 rings (SSSR count). The van der Waals surface area contributed by atoms with Gasteiger partial charge in [0.1, 0.15) is 0 Å². The largest absolute Gasteiger partial charge is 0.378 e. The van der Waals surface area contributed by atoms with Crippen LogP contribution in [0.1, 0.15) is 18.9 Å². The molecule has 0 spiro atoms. The maximum atomic E-state index is 6.14. The number of rotatable bonds is 3. The molecule has 1 aromatic carbocycles. The van der Waals surface area contributed by atoms with Crippen LogP contribution in [-0.2, 0) is 11.2 Å². The van der Waals surface area contributed by atoms with Gasteiger partial charge in [-0.1, -0.05) is 29.3 Å². The van der Waals surface area contributed by atoms with Crippen molar-refractivity contribution in [1.82, 2.24) is 0 Å². The van der Waals surface area contributed by atoms with Gasteiger partial charge in [0.2, 0.25) is 0 Å². The molecule has 17 heavy (non-hydrogen) atoms. The summed E-state index contributed by atoms with van der Waals surface area (Å²) >= 11 is 18.1. The topological polar surface area (TPSA) is 9.23 Å². The van der Waals surface area contributed by atoms with E-state index in [1.165, 1.54) is 0 Å². The molecule has 1 fully saturated rings. The van der Waals surface area contributed by atoms with Crippen LogP contribution in [-0.4, -0.2) is 18.6 Å². The average Bonchev–Trinajstić information content (AvgIpc) is 2.66. The minimum Gasteiger partial charge on any atom is -0.378 e. The van der Waals surface area contributed by atoms with Crippen LogP contribution in [0.25, 0.3) is 0 Å². The van der Waals surface area contributed by atoms with Crippen LogP contribution in [0.2, 0.25) is 10.0 Å². The summed E-state index contributed by atoms with van der Waals surface area (Å²) in [6.45, 7) is 2.88. The Labute approximate surface area is 117 Å². The quantitative estimate of drug-likeness (QED) is 0.742. The third kappa shape index (κ3) is 2.73. The lowest BCUT2D eigenvalue weighted by atomic mass is 9.78. The molecule has 1 heterocycles. The highest BCUT2D eigenvalue weighted by molar-refractivity contribution is 6.42. The Morgan fingerprint density at radius 3 is 2.65 bits per heavy atom. The SMILES string of the molecule is CC1OCCC1(CCl)Cc1ccc(Cl)c(Cl)c1. The molecular formula is C13H15Cl3O. The molecule has 4 heteroatoms. The zero-order valence-electron chi connectivity index (χ0n) is 9.68. The van der Waals surface area contributed by atoms with Gasteiger partial charge in [-0.05, 0) is 37.5 Å². The summed E-state index contributed by atoms with van der Waals surface area (Å²) in [5.74, 6) is 0.606. The second-order valence-corrected chi connectivity index (χ2v) is 5.77. The monoisotopic (exact) mass is 292 g/mol. The highest BCUT2D eigenvalue weighted by Crippen LogP contribution is 2.40. The van der Waals surface area contributed by atoms with Gasteiger partial charge in [0, 0.05) is 17.9 Å². The molecule has 94 valence electrons. The minimum absolute atomic E-state index is 0.0265. The lowest BCUT2D eigenvalue weighted by Gasteiger charge is -2.30. The molecular weight excluding hydrogens is 279 g/mol. The molecule has 0 aliphatic carbocycles. The summed E-state index contributed by atoms with van der Waals surface area (Å²) in [6, 6.07) is 5.76. The van der Waals surface area contributed by atoms with Crippen LogP contribution in [0, 0.1) is 5.41 Å². The van der Waals surface area contributed by atoms with E-state index in [9.17, 15) is 0 Å². The van der Waals surface area contributed by atoms with Gasteiger partial charge in [0.15, 0.2) is 0 Å². The van der Waals surface area contributed by atoms with E-state index < -0.39 is 0 Å². The molecule has 0 saturated carbocycles. The first-order valence-corrected chi connectivity index (χ1v) is 6.98. The van der Waals surface area contributed by atoms with Crippen LogP contribution in [0.3, 0.4) is 0 Å². The highest BCUT2D eigenvalue weighted by Gasteiger charge is 2.40. The molecule has 0 bridgehead atoms. The zero-order valence-corrected chi connectivity index (χ0v) is 11.9. The minimum atomic E-state index is 0.0265. The van der Waals surface area contributed by atoms with Crippen molar-refractivity contribution < 1.29 is 4.74 Å². The molecule has 1 saturated heterocycles. The number of hydrogen-bond donors (Lipinski definition) is 0. The van der Waals surface area contributed by atoms with Gasteiger partial charge >= 0.3 is 0 Å². The van der Waals surface area contributed by atoms with E-state index in [1.807, 2.05) is 18.2 Å². The fraction of sp³-hybridized carbons (Fsp3) is 0.538. The standard InChI is InChI=1S/C13H15Cl3O/c1-9-13(8-14,4-5-17-9)7-10-2-3-11(15)12(16)6-10/h2-3,6,9H,4-5,7-8H2,1H3. The Morgan fingerprint density at radius 2 is 2.12 bits per heavy atom. The van der Waals surface area contributed by atoms with Gasteiger partial charge in [-0.3, -0.25) is 0 Å². The Kier molecular flexibility index (Phi) is 4.25. The summed E-state index contributed by atoms with van der Waals surface area (Å²) in [5.41, 5.74) is 1.19. The third-order valence-electron chi connectivity index (χ3n) is 3.64. The molecule has 0 aromatic heterocycles. The average molecular weight is 294 g/mol. The lowest BCUT2D eigenvalue weighted by Crippen LogP contribution is -2.33. The molecule has 1 aliphatic heterocycles. The van der Waals surface area contributed by atoms with Crippen molar-refractivity contribution in [2.24, 2.45) is 5.41 Å². The van der Waals surface area contributed by atoms with Gasteiger partial charge in [0.25, 0.3) is 0 Å². The number of ether oxygens (including phenoxy) is 1. The fourth-order valence-corrected chi connectivity index (χ4v) is 3.10. The summed E-state index contributed by atoms with van der Waals surface area (Å²) in [6.07, 6.45) is 2.07. The molecule has 0 N–H and O–H groups in total. The highest BCUT2D eigenvalue weighted by atomic mass is 35.5. The van der Waals surface area contributed by atoms with Crippen molar-refractivity contribution in [2.75, 3.05) is 12.5 Å². The summed E-state index contributed by atoms with van der Waals surface area (Å²) in [5, 5.41) is 1.19. The van der Waals surface area contributed by atoms with E-state index in [0.717, 1.165) is 25.0 Å². The second-order valence-electron chi connectivity index (χ2n) is 4.68. The Hall–Kier alpha value is 0.0500. The summed E-state index contributed by atoms with van der Waals surface area (Å²) in [4.78, 5) is 0. The van der Waals surface area contributed by atoms with E-state index in [1.54, 1.807) is 0 Å². The van der Waals surface area contributed by atoms with E-state index in [-0.39, 0.29) is 11.5 Å². The molecule has 2 atom stereocenters. The van der Waals surface area contributed by atoms with Gasteiger partial charge in [-0.2, -0.15) is 0 Å². The van der Waals surface area contributed by atoms with Crippen molar-refractivity contribution in [1.29, 1.82) is 0 Å². The van der Waals surface area contributed by atoms with Crippen LogP contribution in [0.5, 0.6) is 0 Å². The third-order valence-corrected chi connectivity index (χ3v) is 4.91. The van der Waals surface area contributed by atoms with E-state index >= 15 is 0 Å². The number of hydrogen-bond acceptors (Lipinski definition) is 1. The molecule has 2 unspecified atom stereocenters. The predicted octanol–water partition coefficient (Wildman–Crippen LogP) is 4.57. The van der Waals surface area contributed by atoms with Crippen molar-refractivity contribution in [2.45, 2.75) is 25.9 Å². The van der Waals surface area contributed by atoms with Crippen molar-refractivity contribution in [3.63, 3.8) is 0 Å². The van der Waals surface area contributed by atoms with E-state index in [0.29, 0.717) is 15.9 Å². The lowest BCUT2D eigenvalue weighted by molar-refractivity contribution is 0.0735. The van der Waals surface area contributed by atoms with Crippen molar-refractivity contribution in [3.8, 4) is 0 Å². The Bertz CT molecular complexity index is 408. The van der Waals surface area contributed by atoms with Crippen molar-refractivity contribution in [3.05, 3.63) is 33.8 Å². The smallest absolute Gasteiger partial charge is 0.0618 e. The number of alkyl halides is 1. The first-order chi connectivity index (χ1) is 8.07. The molecule has 1 aromatic rings. The second kappa shape index (κ2) is 5.36. The Morgan fingerprint density at radius 1 is 1.35 bits per heavy atom. The molecule has 1 aliphatic rings. The first-order valence-electron chi connectivity index (χ1n) is 5.69. The Balaban J connectivity index is 2.21. The summed E-state index contributed by atoms with van der Waals surface area (Å²) in [7, 11) is 0.